The zero-order valence-electron chi connectivity index (χ0n) is 12.7. The molecule has 0 unspecified atom stereocenters. The molecule has 1 aromatic carbocycles. The van der Waals surface area contributed by atoms with Crippen molar-refractivity contribution in [2.24, 2.45) is 0 Å². The van der Waals surface area contributed by atoms with E-state index in [1.165, 1.54) is 5.56 Å². The Morgan fingerprint density at radius 3 is 2.55 bits per heavy atom. The number of rotatable bonds is 6. The van der Waals surface area contributed by atoms with Crippen LogP contribution in [0.25, 0.3) is 11.3 Å². The number of nitrogens with zero attached hydrogens (tertiary/aromatic N) is 2. The van der Waals surface area contributed by atoms with Gasteiger partial charge in [-0.05, 0) is 25.3 Å². The van der Waals surface area contributed by atoms with Gasteiger partial charge >= 0.3 is 0 Å². The molecule has 0 atom stereocenters. The summed E-state index contributed by atoms with van der Waals surface area (Å²) in [5, 5.41) is 15.1. The second-order valence-corrected chi connectivity index (χ2v) is 5.29. The molecule has 1 aromatic heterocycles. The van der Waals surface area contributed by atoms with E-state index in [9.17, 15) is 5.11 Å². The summed E-state index contributed by atoms with van der Waals surface area (Å²) < 4.78 is 1.76. The highest BCUT2D eigenvalue weighted by molar-refractivity contribution is 5.68. The summed E-state index contributed by atoms with van der Waals surface area (Å²) in [4.78, 5) is 0. The standard InChI is InChI=1S/C17H24N2O/c1-4-6-12-19-17(20)15(9-5-2)16(18-19)14-11-8-7-10-13(14)3/h7-8,10-11,20H,4-6,9,12H2,1-3H3. The lowest BCUT2D eigenvalue weighted by Crippen LogP contribution is -1.99. The van der Waals surface area contributed by atoms with Crippen LogP contribution < -0.4 is 0 Å². The Labute approximate surface area is 121 Å². The van der Waals surface area contributed by atoms with Crippen molar-refractivity contribution in [2.45, 2.75) is 53.0 Å². The highest BCUT2D eigenvalue weighted by atomic mass is 16.3. The summed E-state index contributed by atoms with van der Waals surface area (Å²) in [7, 11) is 0. The first-order valence-electron chi connectivity index (χ1n) is 7.53. The van der Waals surface area contributed by atoms with Gasteiger partial charge in [-0.2, -0.15) is 5.10 Å². The fourth-order valence-electron chi connectivity index (χ4n) is 2.49. The molecule has 0 amide bonds. The van der Waals surface area contributed by atoms with Crippen molar-refractivity contribution >= 4 is 0 Å². The summed E-state index contributed by atoms with van der Waals surface area (Å²) in [6.45, 7) is 7.15. The summed E-state index contributed by atoms with van der Waals surface area (Å²) in [5.74, 6) is 0.346. The molecule has 0 fully saturated rings. The van der Waals surface area contributed by atoms with Gasteiger partial charge in [0.15, 0.2) is 0 Å². The zero-order chi connectivity index (χ0) is 14.5. The molecule has 2 aromatic rings. The number of aryl methyl sites for hydroxylation is 2. The van der Waals surface area contributed by atoms with Crippen LogP contribution in [-0.4, -0.2) is 14.9 Å². The number of aromatic nitrogens is 2. The highest BCUT2D eigenvalue weighted by Crippen LogP contribution is 2.32. The van der Waals surface area contributed by atoms with E-state index in [0.717, 1.165) is 49.0 Å². The first-order valence-corrected chi connectivity index (χ1v) is 7.53. The molecule has 0 saturated carbocycles. The lowest BCUT2D eigenvalue weighted by Gasteiger charge is -2.04. The van der Waals surface area contributed by atoms with Crippen LogP contribution >= 0.6 is 0 Å². The molecule has 0 aliphatic heterocycles. The quantitative estimate of drug-likeness (QED) is 0.850. The van der Waals surface area contributed by atoms with Gasteiger partial charge in [0.1, 0.15) is 0 Å². The number of unbranched alkanes of at least 4 members (excludes halogenated alkanes) is 1. The average molecular weight is 272 g/mol. The van der Waals surface area contributed by atoms with Crippen LogP contribution in [0.5, 0.6) is 5.88 Å². The van der Waals surface area contributed by atoms with Crippen molar-refractivity contribution in [2.75, 3.05) is 0 Å². The maximum absolute atomic E-state index is 10.4. The second-order valence-electron chi connectivity index (χ2n) is 5.29. The second kappa shape index (κ2) is 6.60. The van der Waals surface area contributed by atoms with Crippen LogP contribution in [0, 0.1) is 6.92 Å². The summed E-state index contributed by atoms with van der Waals surface area (Å²) >= 11 is 0. The van der Waals surface area contributed by atoms with Gasteiger partial charge in [-0.1, -0.05) is 51.0 Å². The molecule has 3 heteroatoms. The maximum atomic E-state index is 10.4. The Bertz CT molecular complexity index is 572. The predicted molar refractivity (Wildman–Crippen MR) is 83.0 cm³/mol. The van der Waals surface area contributed by atoms with Gasteiger partial charge in [0.2, 0.25) is 5.88 Å². The highest BCUT2D eigenvalue weighted by Gasteiger charge is 2.18. The molecule has 3 nitrogen and oxygen atoms in total. The van der Waals surface area contributed by atoms with Gasteiger partial charge in [-0.25, -0.2) is 4.68 Å². The van der Waals surface area contributed by atoms with Gasteiger partial charge in [0.05, 0.1) is 5.69 Å². The molecule has 1 heterocycles. The Hall–Kier alpha value is -1.77. The number of aromatic hydroxyl groups is 1. The lowest BCUT2D eigenvalue weighted by molar-refractivity contribution is 0.389. The van der Waals surface area contributed by atoms with Crippen LogP contribution in [0.15, 0.2) is 24.3 Å². The van der Waals surface area contributed by atoms with Gasteiger partial charge in [-0.3, -0.25) is 0 Å². The van der Waals surface area contributed by atoms with Gasteiger partial charge in [0, 0.05) is 17.7 Å². The molecule has 108 valence electrons. The molecule has 0 radical (unpaired) electrons. The van der Waals surface area contributed by atoms with Crippen molar-refractivity contribution in [3.05, 3.63) is 35.4 Å². The van der Waals surface area contributed by atoms with Crippen LogP contribution in [0.1, 0.15) is 44.2 Å². The maximum Gasteiger partial charge on any atom is 0.213 e. The number of hydrogen-bond acceptors (Lipinski definition) is 2. The Balaban J connectivity index is 2.48. The monoisotopic (exact) mass is 272 g/mol. The van der Waals surface area contributed by atoms with Crippen molar-refractivity contribution in [3.8, 4) is 17.1 Å². The van der Waals surface area contributed by atoms with E-state index in [2.05, 4.69) is 38.0 Å². The molecular formula is C17H24N2O. The van der Waals surface area contributed by atoms with Gasteiger partial charge in [-0.15, -0.1) is 0 Å². The van der Waals surface area contributed by atoms with E-state index in [0.29, 0.717) is 5.88 Å². The Morgan fingerprint density at radius 2 is 1.90 bits per heavy atom. The third kappa shape index (κ3) is 2.87. The minimum Gasteiger partial charge on any atom is -0.493 e. The van der Waals surface area contributed by atoms with Crippen molar-refractivity contribution in [3.63, 3.8) is 0 Å². The Kier molecular flexibility index (Phi) is 4.83. The predicted octanol–water partition coefficient (Wildman–Crippen LogP) is 4.32. The Morgan fingerprint density at radius 1 is 1.15 bits per heavy atom. The minimum absolute atomic E-state index is 0.346. The first kappa shape index (κ1) is 14.6. The van der Waals surface area contributed by atoms with Crippen LogP contribution in [0.2, 0.25) is 0 Å². The van der Waals surface area contributed by atoms with Gasteiger partial charge in [0.25, 0.3) is 0 Å². The first-order chi connectivity index (χ1) is 9.69. The van der Waals surface area contributed by atoms with E-state index < -0.39 is 0 Å². The SMILES string of the molecule is CCCCn1nc(-c2ccccc2C)c(CCC)c1O. The smallest absolute Gasteiger partial charge is 0.213 e. The molecule has 1 N–H and O–H groups in total. The lowest BCUT2D eigenvalue weighted by atomic mass is 10.0. The molecule has 0 saturated heterocycles. The van der Waals surface area contributed by atoms with E-state index >= 15 is 0 Å². The summed E-state index contributed by atoms with van der Waals surface area (Å²) in [6.07, 6.45) is 4.00. The van der Waals surface area contributed by atoms with E-state index in [-0.39, 0.29) is 0 Å². The normalized spacial score (nSPS) is 10.9. The topological polar surface area (TPSA) is 38.0 Å². The summed E-state index contributed by atoms with van der Waals surface area (Å²) in [6, 6.07) is 8.24. The molecule has 2 rings (SSSR count). The average Bonchev–Trinajstić information content (AvgIpc) is 2.75. The van der Waals surface area contributed by atoms with Crippen LogP contribution in [0.3, 0.4) is 0 Å². The fraction of sp³-hybridized carbons (Fsp3) is 0.471. The van der Waals surface area contributed by atoms with Crippen molar-refractivity contribution < 1.29 is 5.11 Å². The van der Waals surface area contributed by atoms with E-state index in [1.807, 2.05) is 12.1 Å². The number of benzene rings is 1. The van der Waals surface area contributed by atoms with Crippen molar-refractivity contribution in [1.29, 1.82) is 0 Å². The molecule has 0 spiro atoms. The van der Waals surface area contributed by atoms with E-state index in [1.54, 1.807) is 4.68 Å². The third-order valence-corrected chi connectivity index (χ3v) is 3.64. The molecular weight excluding hydrogens is 248 g/mol. The number of hydrogen-bond donors (Lipinski definition) is 1. The fourth-order valence-corrected chi connectivity index (χ4v) is 2.49. The van der Waals surface area contributed by atoms with Crippen molar-refractivity contribution in [1.82, 2.24) is 9.78 Å². The van der Waals surface area contributed by atoms with Gasteiger partial charge < -0.3 is 5.11 Å². The minimum atomic E-state index is 0.346. The van der Waals surface area contributed by atoms with E-state index in [4.69, 9.17) is 0 Å². The molecule has 0 bridgehead atoms. The summed E-state index contributed by atoms with van der Waals surface area (Å²) in [5.41, 5.74) is 4.25. The van der Waals surface area contributed by atoms with Crippen LogP contribution in [-0.2, 0) is 13.0 Å². The zero-order valence-corrected chi connectivity index (χ0v) is 12.7. The molecule has 0 aliphatic rings. The molecule has 20 heavy (non-hydrogen) atoms. The van der Waals surface area contributed by atoms with Crippen LogP contribution in [0.4, 0.5) is 0 Å². The largest absolute Gasteiger partial charge is 0.493 e. The third-order valence-electron chi connectivity index (χ3n) is 3.64. The molecule has 0 aliphatic carbocycles.